The number of aryl methyl sites for hydroxylation is 1. The first kappa shape index (κ1) is 22.8. The summed E-state index contributed by atoms with van der Waals surface area (Å²) in [5.74, 6) is 0.262. The predicted molar refractivity (Wildman–Crippen MR) is 108 cm³/mol. The Hall–Kier alpha value is -2.29. The second-order valence-corrected chi connectivity index (χ2v) is 7.60. The number of amides is 1. The van der Waals surface area contributed by atoms with Crippen LogP contribution in [0.5, 0.6) is 5.75 Å². The average Bonchev–Trinajstić information content (AvgIpc) is 2.62. The summed E-state index contributed by atoms with van der Waals surface area (Å²) >= 11 is 0. The summed E-state index contributed by atoms with van der Waals surface area (Å²) in [6.45, 7) is 3.82. The van der Waals surface area contributed by atoms with Crippen molar-refractivity contribution < 1.29 is 17.9 Å². The molecule has 0 aromatic heterocycles. The van der Waals surface area contributed by atoms with Gasteiger partial charge in [-0.3, -0.25) is 9.52 Å². The largest absolute Gasteiger partial charge is 0.497 e. The molecule has 1 atom stereocenters. The topological polar surface area (TPSA) is 111 Å². The first-order valence-corrected chi connectivity index (χ1v) is 9.53. The van der Waals surface area contributed by atoms with Gasteiger partial charge in [0.1, 0.15) is 5.75 Å². The van der Waals surface area contributed by atoms with Gasteiger partial charge in [0.2, 0.25) is 0 Å². The molecular weight excluding hydrogens is 390 g/mol. The smallest absolute Gasteiger partial charge is 0.261 e. The highest BCUT2D eigenvalue weighted by atomic mass is 35.5. The molecule has 27 heavy (non-hydrogen) atoms. The Morgan fingerprint density at radius 1 is 1.19 bits per heavy atom. The van der Waals surface area contributed by atoms with Gasteiger partial charge in [-0.15, -0.1) is 12.4 Å². The van der Waals surface area contributed by atoms with Gasteiger partial charge in [-0.05, 0) is 55.8 Å². The van der Waals surface area contributed by atoms with Crippen molar-refractivity contribution in [3.63, 3.8) is 0 Å². The second kappa shape index (κ2) is 9.59. The molecule has 0 spiro atoms. The molecule has 0 aliphatic carbocycles. The first-order chi connectivity index (χ1) is 12.3. The number of benzene rings is 2. The molecule has 1 amide bonds. The van der Waals surface area contributed by atoms with Crippen LogP contribution in [-0.2, 0) is 10.0 Å². The summed E-state index contributed by atoms with van der Waals surface area (Å²) in [4.78, 5) is 12.4. The molecule has 4 N–H and O–H groups in total. The van der Waals surface area contributed by atoms with E-state index in [1.165, 1.54) is 19.2 Å². The van der Waals surface area contributed by atoms with Crippen LogP contribution in [0.4, 0.5) is 5.69 Å². The summed E-state index contributed by atoms with van der Waals surface area (Å²) in [5.41, 5.74) is 6.88. The number of sulfonamides is 1. The van der Waals surface area contributed by atoms with Crippen LogP contribution >= 0.6 is 12.4 Å². The van der Waals surface area contributed by atoms with E-state index in [1.807, 2.05) is 0 Å². The highest BCUT2D eigenvalue weighted by Crippen LogP contribution is 2.21. The highest BCUT2D eigenvalue weighted by molar-refractivity contribution is 7.92. The van der Waals surface area contributed by atoms with Gasteiger partial charge in [0.15, 0.2) is 0 Å². The standard InChI is InChI=1S/C18H23N3O4S.ClH/c1-12-4-9-16(10-17(12)18(22)20-13(2)11-19)26(23,24)21-14-5-7-15(25-3)8-6-14;/h4-10,13,21H,11,19H2,1-3H3,(H,20,22);1H/t13-;/m0./s1. The van der Waals surface area contributed by atoms with E-state index >= 15 is 0 Å². The quantitative estimate of drug-likeness (QED) is 0.645. The molecule has 0 unspecified atom stereocenters. The van der Waals surface area contributed by atoms with Crippen molar-refractivity contribution in [3.05, 3.63) is 53.6 Å². The zero-order valence-electron chi connectivity index (χ0n) is 15.4. The Balaban J connectivity index is 0.00000364. The minimum Gasteiger partial charge on any atom is -0.497 e. The van der Waals surface area contributed by atoms with Crippen molar-refractivity contribution >= 4 is 34.0 Å². The van der Waals surface area contributed by atoms with Gasteiger partial charge in [0.05, 0.1) is 12.0 Å². The Kier molecular flexibility index (Phi) is 8.08. The Morgan fingerprint density at radius 3 is 2.37 bits per heavy atom. The molecule has 2 rings (SSSR count). The van der Waals surface area contributed by atoms with Crippen LogP contribution in [0.3, 0.4) is 0 Å². The number of ether oxygens (including phenoxy) is 1. The maximum absolute atomic E-state index is 12.6. The average molecular weight is 414 g/mol. The third kappa shape index (κ3) is 5.85. The van der Waals surface area contributed by atoms with Crippen LogP contribution < -0.4 is 20.5 Å². The van der Waals surface area contributed by atoms with Crippen LogP contribution in [0, 0.1) is 6.92 Å². The monoisotopic (exact) mass is 413 g/mol. The Bertz CT molecular complexity index is 886. The van der Waals surface area contributed by atoms with E-state index in [0.717, 1.165) is 0 Å². The highest BCUT2D eigenvalue weighted by Gasteiger charge is 2.19. The predicted octanol–water partition coefficient (Wildman–Crippen LogP) is 2.30. The van der Waals surface area contributed by atoms with E-state index in [1.54, 1.807) is 44.2 Å². The first-order valence-electron chi connectivity index (χ1n) is 8.05. The van der Waals surface area contributed by atoms with Gasteiger partial charge >= 0.3 is 0 Å². The molecule has 0 saturated heterocycles. The lowest BCUT2D eigenvalue weighted by molar-refractivity contribution is 0.0940. The van der Waals surface area contributed by atoms with E-state index in [4.69, 9.17) is 10.5 Å². The number of carbonyl (C=O) groups is 1. The molecule has 148 valence electrons. The van der Waals surface area contributed by atoms with Crippen LogP contribution in [-0.4, -0.2) is 34.0 Å². The number of methoxy groups -OCH3 is 1. The maximum atomic E-state index is 12.6. The van der Waals surface area contributed by atoms with Gasteiger partial charge in [-0.2, -0.15) is 0 Å². The number of nitrogens with two attached hydrogens (primary N) is 1. The number of rotatable bonds is 7. The lowest BCUT2D eigenvalue weighted by Crippen LogP contribution is -2.38. The number of halogens is 1. The fraction of sp³-hybridized carbons (Fsp3) is 0.278. The SMILES string of the molecule is COc1ccc(NS(=O)(=O)c2ccc(C)c(C(=O)N[C@@H](C)CN)c2)cc1.Cl. The van der Waals surface area contributed by atoms with Crippen molar-refractivity contribution in [2.24, 2.45) is 5.73 Å². The van der Waals surface area contributed by atoms with Crippen LogP contribution in [0.2, 0.25) is 0 Å². The van der Waals surface area contributed by atoms with Gasteiger partial charge in [0, 0.05) is 23.8 Å². The Labute approximate surface area is 165 Å². The van der Waals surface area contributed by atoms with Crippen LogP contribution in [0.15, 0.2) is 47.4 Å². The van der Waals surface area contributed by atoms with Crippen molar-refractivity contribution in [2.45, 2.75) is 24.8 Å². The molecule has 0 radical (unpaired) electrons. The maximum Gasteiger partial charge on any atom is 0.261 e. The van der Waals surface area contributed by atoms with E-state index in [0.29, 0.717) is 29.1 Å². The lowest BCUT2D eigenvalue weighted by atomic mass is 10.1. The summed E-state index contributed by atoms with van der Waals surface area (Å²) in [6.07, 6.45) is 0. The van der Waals surface area contributed by atoms with E-state index in [9.17, 15) is 13.2 Å². The number of hydrogen-bond donors (Lipinski definition) is 3. The second-order valence-electron chi connectivity index (χ2n) is 5.92. The van der Waals surface area contributed by atoms with Gasteiger partial charge in [0.25, 0.3) is 15.9 Å². The molecule has 9 heteroatoms. The molecule has 2 aromatic rings. The van der Waals surface area contributed by atoms with Crippen molar-refractivity contribution in [3.8, 4) is 5.75 Å². The van der Waals surface area contributed by atoms with E-state index < -0.39 is 10.0 Å². The van der Waals surface area contributed by atoms with E-state index in [2.05, 4.69) is 10.0 Å². The number of hydrogen-bond acceptors (Lipinski definition) is 5. The number of anilines is 1. The van der Waals surface area contributed by atoms with Gasteiger partial charge in [-0.25, -0.2) is 8.42 Å². The minimum absolute atomic E-state index is 0. The normalized spacial score (nSPS) is 11.9. The number of nitrogens with one attached hydrogen (secondary N) is 2. The van der Waals surface area contributed by atoms with Crippen molar-refractivity contribution in [1.82, 2.24) is 5.32 Å². The lowest BCUT2D eigenvalue weighted by Gasteiger charge is -2.14. The van der Waals surface area contributed by atoms with Crippen molar-refractivity contribution in [1.29, 1.82) is 0 Å². The fourth-order valence-electron chi connectivity index (χ4n) is 2.25. The third-order valence-electron chi connectivity index (χ3n) is 3.84. The molecule has 2 aromatic carbocycles. The molecule has 0 aliphatic heterocycles. The number of carbonyl (C=O) groups excluding carboxylic acids is 1. The summed E-state index contributed by atoms with van der Waals surface area (Å²) in [5, 5.41) is 2.73. The molecule has 0 bridgehead atoms. The molecular formula is C18H24ClN3O4S. The van der Waals surface area contributed by atoms with Crippen LogP contribution in [0.25, 0.3) is 0 Å². The molecule has 0 saturated carbocycles. The molecule has 0 fully saturated rings. The summed E-state index contributed by atoms with van der Waals surface area (Å²) in [7, 11) is -2.30. The molecule has 0 aliphatic rings. The Morgan fingerprint density at radius 2 is 1.81 bits per heavy atom. The minimum atomic E-state index is -3.84. The zero-order valence-corrected chi connectivity index (χ0v) is 17.0. The van der Waals surface area contributed by atoms with Crippen LogP contribution in [0.1, 0.15) is 22.8 Å². The summed E-state index contributed by atoms with van der Waals surface area (Å²) < 4.78 is 32.8. The van der Waals surface area contributed by atoms with Crippen molar-refractivity contribution in [2.75, 3.05) is 18.4 Å². The van der Waals surface area contributed by atoms with Gasteiger partial charge in [-0.1, -0.05) is 6.07 Å². The molecule has 0 heterocycles. The zero-order chi connectivity index (χ0) is 19.3. The molecule has 7 nitrogen and oxygen atoms in total. The van der Waals surface area contributed by atoms with Gasteiger partial charge < -0.3 is 15.8 Å². The fourth-order valence-corrected chi connectivity index (χ4v) is 3.33. The third-order valence-corrected chi connectivity index (χ3v) is 5.22. The summed E-state index contributed by atoms with van der Waals surface area (Å²) in [6, 6.07) is 10.7. The van der Waals surface area contributed by atoms with E-state index in [-0.39, 0.29) is 29.3 Å².